The highest BCUT2D eigenvalue weighted by Crippen LogP contribution is 2.20. The molecular weight excluding hydrogens is 226 g/mol. The van der Waals surface area contributed by atoms with Crippen LogP contribution in [0.5, 0.6) is 0 Å². The second-order valence-corrected chi connectivity index (χ2v) is 5.76. The van der Waals surface area contributed by atoms with Gasteiger partial charge >= 0.3 is 0 Å². The molecule has 0 saturated heterocycles. The van der Waals surface area contributed by atoms with Gasteiger partial charge in [-0.3, -0.25) is 15.1 Å². The first kappa shape index (κ1) is 17.4. The maximum atomic E-state index is 12.0. The minimum atomic E-state index is -0.137. The molecule has 4 nitrogen and oxygen atoms in total. The van der Waals surface area contributed by atoms with Gasteiger partial charge in [0.2, 0.25) is 0 Å². The molecule has 18 heavy (non-hydrogen) atoms. The average Bonchev–Trinajstić information content (AvgIpc) is 2.29. The minimum Gasteiger partial charge on any atom is -0.293 e. The molecule has 3 N–H and O–H groups in total. The molecule has 4 heteroatoms. The predicted octanol–water partition coefficient (Wildman–Crippen LogP) is 2.15. The van der Waals surface area contributed by atoms with E-state index < -0.39 is 0 Å². The summed E-state index contributed by atoms with van der Waals surface area (Å²) in [6.07, 6.45) is 2.12. The lowest BCUT2D eigenvalue weighted by Crippen LogP contribution is -2.55. The summed E-state index contributed by atoms with van der Waals surface area (Å²) >= 11 is 0. The van der Waals surface area contributed by atoms with E-state index in [-0.39, 0.29) is 17.9 Å². The Balaban J connectivity index is 5.14. The van der Waals surface area contributed by atoms with Crippen molar-refractivity contribution in [2.45, 2.75) is 66.5 Å². The molecule has 0 aliphatic heterocycles. The van der Waals surface area contributed by atoms with Gasteiger partial charge in [0.25, 0.3) is 5.91 Å². The third kappa shape index (κ3) is 4.94. The Bertz CT molecular complexity index is 237. The van der Waals surface area contributed by atoms with E-state index in [4.69, 9.17) is 5.84 Å². The van der Waals surface area contributed by atoms with Gasteiger partial charge in [0.05, 0.1) is 6.04 Å². The second-order valence-electron chi connectivity index (χ2n) is 5.76. The number of amides is 1. The molecule has 0 aromatic carbocycles. The highest BCUT2D eigenvalue weighted by atomic mass is 16.2. The van der Waals surface area contributed by atoms with Gasteiger partial charge in [-0.05, 0) is 24.7 Å². The standard InChI is InChI=1S/C14H31N3O/c1-7-12(8-2)17(9-10(3)4)13(11(5)6)14(18)16-15/h10-13H,7-9,15H2,1-6H3,(H,16,18). The summed E-state index contributed by atoms with van der Waals surface area (Å²) in [5, 5.41) is 0. The molecule has 0 aliphatic carbocycles. The summed E-state index contributed by atoms with van der Waals surface area (Å²) in [5.41, 5.74) is 2.32. The lowest BCUT2D eigenvalue weighted by Gasteiger charge is -2.39. The van der Waals surface area contributed by atoms with Crippen LogP contribution in [0.15, 0.2) is 0 Å². The lowest BCUT2D eigenvalue weighted by molar-refractivity contribution is -0.129. The van der Waals surface area contributed by atoms with Gasteiger partial charge in [-0.1, -0.05) is 41.5 Å². The van der Waals surface area contributed by atoms with Crippen molar-refractivity contribution < 1.29 is 4.79 Å². The van der Waals surface area contributed by atoms with Crippen LogP contribution in [0.2, 0.25) is 0 Å². The van der Waals surface area contributed by atoms with Gasteiger partial charge in [-0.2, -0.15) is 0 Å². The number of hydrazine groups is 1. The van der Waals surface area contributed by atoms with E-state index in [1.807, 2.05) is 0 Å². The summed E-state index contributed by atoms with van der Waals surface area (Å²) in [6, 6.07) is 0.305. The molecule has 0 aromatic rings. The molecule has 108 valence electrons. The number of nitrogens with one attached hydrogen (secondary N) is 1. The van der Waals surface area contributed by atoms with Gasteiger partial charge in [0.15, 0.2) is 0 Å². The molecule has 0 saturated carbocycles. The first-order chi connectivity index (χ1) is 8.38. The van der Waals surface area contributed by atoms with Crippen molar-refractivity contribution in [2.75, 3.05) is 6.54 Å². The summed E-state index contributed by atoms with van der Waals surface area (Å²) in [5.74, 6) is 6.06. The maximum Gasteiger partial charge on any atom is 0.251 e. The average molecular weight is 257 g/mol. The van der Waals surface area contributed by atoms with Gasteiger partial charge in [0.1, 0.15) is 0 Å². The van der Waals surface area contributed by atoms with E-state index in [0.29, 0.717) is 12.0 Å². The second kappa shape index (κ2) is 8.48. The van der Waals surface area contributed by atoms with Crippen molar-refractivity contribution in [3.05, 3.63) is 0 Å². The molecule has 0 heterocycles. The molecule has 1 unspecified atom stereocenters. The lowest BCUT2D eigenvalue weighted by atomic mass is 9.96. The summed E-state index contributed by atoms with van der Waals surface area (Å²) in [7, 11) is 0. The van der Waals surface area contributed by atoms with Crippen LogP contribution in [0.4, 0.5) is 0 Å². The fourth-order valence-electron chi connectivity index (χ4n) is 2.59. The van der Waals surface area contributed by atoms with E-state index in [0.717, 1.165) is 19.4 Å². The number of hydrogen-bond donors (Lipinski definition) is 2. The molecule has 0 aliphatic rings. The van der Waals surface area contributed by atoms with E-state index in [1.54, 1.807) is 0 Å². The summed E-state index contributed by atoms with van der Waals surface area (Å²) < 4.78 is 0. The normalized spacial score (nSPS) is 13.7. The fraction of sp³-hybridized carbons (Fsp3) is 0.929. The molecule has 1 amide bonds. The van der Waals surface area contributed by atoms with Crippen LogP contribution in [-0.2, 0) is 4.79 Å². The zero-order valence-electron chi connectivity index (χ0n) is 12.9. The number of carbonyl (C=O) groups is 1. The van der Waals surface area contributed by atoms with Crippen LogP contribution in [0.3, 0.4) is 0 Å². The van der Waals surface area contributed by atoms with Gasteiger partial charge in [0, 0.05) is 12.6 Å². The number of hydrogen-bond acceptors (Lipinski definition) is 3. The topological polar surface area (TPSA) is 58.4 Å². The van der Waals surface area contributed by atoms with Gasteiger partial charge < -0.3 is 0 Å². The molecule has 1 atom stereocenters. The molecule has 0 radical (unpaired) electrons. The molecule has 0 fully saturated rings. The third-order valence-corrected chi connectivity index (χ3v) is 3.39. The van der Waals surface area contributed by atoms with Gasteiger partial charge in [-0.15, -0.1) is 0 Å². The van der Waals surface area contributed by atoms with E-state index in [9.17, 15) is 4.79 Å². The Morgan fingerprint density at radius 3 is 1.94 bits per heavy atom. The Labute approximate surface area is 112 Å². The van der Waals surface area contributed by atoms with Crippen LogP contribution in [0, 0.1) is 11.8 Å². The highest BCUT2D eigenvalue weighted by Gasteiger charge is 2.32. The minimum absolute atomic E-state index is 0.0717. The van der Waals surface area contributed by atoms with E-state index in [2.05, 4.69) is 51.9 Å². The van der Waals surface area contributed by atoms with Crippen molar-refractivity contribution in [3.8, 4) is 0 Å². The first-order valence-electron chi connectivity index (χ1n) is 7.15. The zero-order chi connectivity index (χ0) is 14.3. The summed E-state index contributed by atoms with van der Waals surface area (Å²) in [6.45, 7) is 13.8. The van der Waals surface area contributed by atoms with E-state index >= 15 is 0 Å². The maximum absolute atomic E-state index is 12.0. The molecule has 0 bridgehead atoms. The quantitative estimate of drug-likeness (QED) is 0.398. The van der Waals surface area contributed by atoms with Crippen molar-refractivity contribution in [2.24, 2.45) is 17.7 Å². The monoisotopic (exact) mass is 257 g/mol. The Kier molecular flexibility index (Phi) is 8.20. The molecule has 0 aromatic heterocycles. The van der Waals surface area contributed by atoms with Crippen molar-refractivity contribution in [3.63, 3.8) is 0 Å². The largest absolute Gasteiger partial charge is 0.293 e. The number of nitrogens with two attached hydrogens (primary N) is 1. The third-order valence-electron chi connectivity index (χ3n) is 3.39. The summed E-state index contributed by atoms with van der Waals surface area (Å²) in [4.78, 5) is 14.4. The Morgan fingerprint density at radius 2 is 1.67 bits per heavy atom. The van der Waals surface area contributed by atoms with Crippen LogP contribution in [0.1, 0.15) is 54.4 Å². The molecular formula is C14H31N3O. The SMILES string of the molecule is CCC(CC)N(CC(C)C)C(C(=O)NN)C(C)C. The van der Waals surface area contributed by atoms with Crippen molar-refractivity contribution in [1.82, 2.24) is 10.3 Å². The van der Waals surface area contributed by atoms with Crippen LogP contribution >= 0.6 is 0 Å². The van der Waals surface area contributed by atoms with Gasteiger partial charge in [-0.25, -0.2) is 5.84 Å². The molecule has 0 spiro atoms. The Morgan fingerprint density at radius 1 is 1.17 bits per heavy atom. The number of rotatable bonds is 8. The van der Waals surface area contributed by atoms with Crippen LogP contribution in [0.25, 0.3) is 0 Å². The van der Waals surface area contributed by atoms with E-state index in [1.165, 1.54) is 0 Å². The predicted molar refractivity (Wildman–Crippen MR) is 76.9 cm³/mol. The van der Waals surface area contributed by atoms with Crippen molar-refractivity contribution >= 4 is 5.91 Å². The molecule has 0 rings (SSSR count). The zero-order valence-corrected chi connectivity index (χ0v) is 12.9. The fourth-order valence-corrected chi connectivity index (χ4v) is 2.59. The van der Waals surface area contributed by atoms with Crippen LogP contribution < -0.4 is 11.3 Å². The van der Waals surface area contributed by atoms with Crippen molar-refractivity contribution in [1.29, 1.82) is 0 Å². The highest BCUT2D eigenvalue weighted by molar-refractivity contribution is 5.81. The smallest absolute Gasteiger partial charge is 0.251 e. The first-order valence-corrected chi connectivity index (χ1v) is 7.15. The number of nitrogens with zero attached hydrogens (tertiary/aromatic N) is 1. The van der Waals surface area contributed by atoms with Crippen LogP contribution in [-0.4, -0.2) is 29.4 Å². The Hall–Kier alpha value is -0.610. The number of carbonyl (C=O) groups excluding carboxylic acids is 1.